The van der Waals surface area contributed by atoms with Gasteiger partial charge in [-0.05, 0) is 42.3 Å². The molecule has 9 heteroatoms. The molecular weight excluding hydrogens is 404 g/mol. The monoisotopic (exact) mass is 422 g/mol. The predicted molar refractivity (Wildman–Crippen MR) is 108 cm³/mol. The average molecular weight is 423 g/mol. The van der Waals surface area contributed by atoms with E-state index in [4.69, 9.17) is 15.9 Å². The van der Waals surface area contributed by atoms with Gasteiger partial charge in [0.2, 0.25) is 0 Å². The van der Waals surface area contributed by atoms with Gasteiger partial charge in [0.1, 0.15) is 0 Å². The summed E-state index contributed by atoms with van der Waals surface area (Å²) >= 11 is 5.98. The molecule has 0 saturated carbocycles. The number of hydrogen-bond donors (Lipinski definition) is 2. The Bertz CT molecular complexity index is 1090. The fourth-order valence-electron chi connectivity index (χ4n) is 3.52. The van der Waals surface area contributed by atoms with E-state index in [-0.39, 0.29) is 6.42 Å². The second-order valence-corrected chi connectivity index (χ2v) is 7.27. The molecule has 0 aliphatic heterocycles. The van der Waals surface area contributed by atoms with E-state index in [0.717, 1.165) is 5.06 Å². The number of carbonyl (C=O) groups is 1. The molecule has 28 heavy (non-hydrogen) atoms. The van der Waals surface area contributed by atoms with Crippen LogP contribution in [0.2, 0.25) is 5.02 Å². The van der Waals surface area contributed by atoms with Gasteiger partial charge in [-0.2, -0.15) is 4.28 Å². The summed E-state index contributed by atoms with van der Waals surface area (Å²) in [4.78, 5) is 12.5. The van der Waals surface area contributed by atoms with Crippen LogP contribution in [0, 0.1) is 0 Å². The summed E-state index contributed by atoms with van der Waals surface area (Å²) in [6, 6.07) is 13.7. The fraction of sp³-hybridized carbons (Fsp3) is 0.211. The molecular formula is C19H19ClN2O5S. The molecule has 148 valence electrons. The Hall–Kier alpha value is -2.55. The number of aromatic nitrogens is 1. The fourth-order valence-corrected chi connectivity index (χ4v) is 3.93. The number of anilines is 1. The molecule has 0 radical (unpaired) electrons. The largest absolute Gasteiger partial charge is 0.479 e. The standard InChI is InChI=1S/C19H19ClN2O5S/c1-3-19(18(23)24,13-7-9-14(20)10-8-13)22-12-11-15-16(5-4-6-17(15)22)21(2)27-28(25)26/h4-12,28H,3H2,1-2H3,(H,23,24). The van der Waals surface area contributed by atoms with Crippen molar-refractivity contribution < 1.29 is 22.6 Å². The number of benzene rings is 2. The lowest BCUT2D eigenvalue weighted by Crippen LogP contribution is -2.42. The Balaban J connectivity index is 2.25. The van der Waals surface area contributed by atoms with Gasteiger partial charge in [0.15, 0.2) is 5.54 Å². The van der Waals surface area contributed by atoms with Crippen LogP contribution in [0.1, 0.15) is 18.9 Å². The van der Waals surface area contributed by atoms with Crippen LogP contribution in [0.5, 0.6) is 0 Å². The van der Waals surface area contributed by atoms with Crippen molar-refractivity contribution in [2.45, 2.75) is 18.9 Å². The van der Waals surface area contributed by atoms with Crippen LogP contribution in [-0.4, -0.2) is 31.1 Å². The van der Waals surface area contributed by atoms with Crippen molar-refractivity contribution in [3.8, 4) is 0 Å². The SMILES string of the molecule is CCC(C(=O)O)(c1ccc(Cl)cc1)n1ccc2c(N(C)O[SH](=O)=O)cccc21. The highest BCUT2D eigenvalue weighted by Gasteiger charge is 2.41. The summed E-state index contributed by atoms with van der Waals surface area (Å²) in [7, 11) is -1.60. The summed E-state index contributed by atoms with van der Waals surface area (Å²) in [5, 5.41) is 12.5. The van der Waals surface area contributed by atoms with Gasteiger partial charge in [0, 0.05) is 23.7 Å². The molecule has 0 saturated heterocycles. The van der Waals surface area contributed by atoms with E-state index in [0.29, 0.717) is 27.2 Å². The quantitative estimate of drug-likeness (QED) is 0.448. The predicted octanol–water partition coefficient (Wildman–Crippen LogP) is 3.43. The molecule has 1 N–H and O–H groups in total. The molecule has 2 aromatic carbocycles. The third kappa shape index (κ3) is 3.34. The molecule has 0 spiro atoms. The topological polar surface area (TPSA) is 88.8 Å². The van der Waals surface area contributed by atoms with Crippen molar-refractivity contribution in [1.82, 2.24) is 4.57 Å². The normalized spacial score (nSPS) is 13.6. The zero-order chi connectivity index (χ0) is 20.5. The number of aliphatic carboxylic acids is 1. The van der Waals surface area contributed by atoms with Gasteiger partial charge in [0.25, 0.3) is 11.0 Å². The van der Waals surface area contributed by atoms with Crippen molar-refractivity contribution in [2.75, 3.05) is 12.1 Å². The number of carboxylic acid groups (broad SMARTS) is 1. The zero-order valence-electron chi connectivity index (χ0n) is 15.2. The Labute approximate surface area is 168 Å². The van der Waals surface area contributed by atoms with E-state index in [1.54, 1.807) is 66.2 Å². The van der Waals surface area contributed by atoms with E-state index < -0.39 is 22.5 Å². The number of thiol groups is 1. The second kappa shape index (κ2) is 7.83. The number of hydroxylamine groups is 1. The number of hydrogen-bond acceptors (Lipinski definition) is 5. The minimum absolute atomic E-state index is 0.288. The first-order valence-electron chi connectivity index (χ1n) is 8.47. The molecule has 0 aliphatic rings. The van der Waals surface area contributed by atoms with Crippen LogP contribution < -0.4 is 5.06 Å². The summed E-state index contributed by atoms with van der Waals surface area (Å²) in [5.74, 6) is -1.01. The molecule has 7 nitrogen and oxygen atoms in total. The smallest absolute Gasteiger partial charge is 0.334 e. The van der Waals surface area contributed by atoms with Gasteiger partial charge in [-0.15, -0.1) is 0 Å². The summed E-state index contributed by atoms with van der Waals surface area (Å²) < 4.78 is 28.3. The average Bonchev–Trinajstić information content (AvgIpc) is 3.08. The molecule has 1 heterocycles. The maximum Gasteiger partial charge on any atom is 0.334 e. The minimum atomic E-state index is -3.07. The minimum Gasteiger partial charge on any atom is -0.479 e. The molecule has 1 unspecified atom stereocenters. The summed E-state index contributed by atoms with van der Waals surface area (Å²) in [5.41, 5.74) is 0.367. The van der Waals surface area contributed by atoms with Crippen molar-refractivity contribution in [3.05, 3.63) is 65.3 Å². The van der Waals surface area contributed by atoms with Crippen LogP contribution in [0.15, 0.2) is 54.7 Å². The van der Waals surface area contributed by atoms with Gasteiger partial charge in [-0.3, -0.25) is 0 Å². The van der Waals surface area contributed by atoms with Crippen molar-refractivity contribution in [3.63, 3.8) is 0 Å². The highest BCUT2D eigenvalue weighted by Crippen LogP contribution is 2.37. The van der Waals surface area contributed by atoms with Gasteiger partial charge in [-0.25, -0.2) is 18.3 Å². The van der Waals surface area contributed by atoms with E-state index >= 15 is 0 Å². The molecule has 3 rings (SSSR count). The highest BCUT2D eigenvalue weighted by atomic mass is 35.5. The molecule has 0 amide bonds. The van der Waals surface area contributed by atoms with Crippen LogP contribution >= 0.6 is 11.6 Å². The number of halogens is 1. The lowest BCUT2D eigenvalue weighted by Gasteiger charge is -2.32. The lowest BCUT2D eigenvalue weighted by molar-refractivity contribution is -0.145. The van der Waals surface area contributed by atoms with Crippen LogP contribution in [-0.2, 0) is 25.6 Å². The highest BCUT2D eigenvalue weighted by molar-refractivity contribution is 7.67. The first-order chi connectivity index (χ1) is 13.3. The van der Waals surface area contributed by atoms with Crippen molar-refractivity contribution in [1.29, 1.82) is 0 Å². The first kappa shape index (κ1) is 20.2. The summed E-state index contributed by atoms with van der Waals surface area (Å²) in [6.45, 7) is 1.80. The number of rotatable bonds is 7. The third-order valence-electron chi connectivity index (χ3n) is 4.84. The van der Waals surface area contributed by atoms with E-state index in [1.165, 1.54) is 7.05 Å². The molecule has 0 aliphatic carbocycles. The number of carboxylic acids is 1. The Morgan fingerprint density at radius 1 is 1.21 bits per heavy atom. The Morgan fingerprint density at radius 3 is 2.46 bits per heavy atom. The molecule has 0 bridgehead atoms. The first-order valence-corrected chi connectivity index (χ1v) is 9.94. The van der Waals surface area contributed by atoms with Crippen LogP contribution in [0.4, 0.5) is 5.69 Å². The zero-order valence-corrected chi connectivity index (χ0v) is 16.9. The van der Waals surface area contributed by atoms with E-state index in [1.807, 2.05) is 0 Å². The van der Waals surface area contributed by atoms with E-state index in [2.05, 4.69) is 0 Å². The molecule has 3 aromatic rings. The molecule has 1 aromatic heterocycles. The van der Waals surface area contributed by atoms with Crippen LogP contribution in [0.3, 0.4) is 0 Å². The summed E-state index contributed by atoms with van der Waals surface area (Å²) in [6.07, 6.45) is 1.97. The van der Waals surface area contributed by atoms with E-state index in [9.17, 15) is 18.3 Å². The lowest BCUT2D eigenvalue weighted by atomic mass is 9.86. The maximum absolute atomic E-state index is 12.5. The second-order valence-electron chi connectivity index (χ2n) is 6.22. The number of nitrogens with zero attached hydrogens (tertiary/aromatic N) is 2. The molecule has 1 atom stereocenters. The maximum atomic E-state index is 12.5. The Morgan fingerprint density at radius 2 is 1.89 bits per heavy atom. The van der Waals surface area contributed by atoms with Crippen molar-refractivity contribution >= 4 is 45.1 Å². The van der Waals surface area contributed by atoms with Gasteiger partial charge in [-0.1, -0.05) is 36.7 Å². The van der Waals surface area contributed by atoms with Gasteiger partial charge >= 0.3 is 5.97 Å². The van der Waals surface area contributed by atoms with Crippen molar-refractivity contribution in [2.24, 2.45) is 0 Å². The van der Waals surface area contributed by atoms with Gasteiger partial charge < -0.3 is 9.67 Å². The third-order valence-corrected chi connectivity index (χ3v) is 5.47. The Kier molecular flexibility index (Phi) is 5.64. The number of fused-ring (bicyclic) bond motifs is 1. The van der Waals surface area contributed by atoms with Gasteiger partial charge in [0.05, 0.1) is 11.2 Å². The van der Waals surface area contributed by atoms with Crippen LogP contribution in [0.25, 0.3) is 10.9 Å². The molecule has 0 fully saturated rings.